The number of rotatable bonds is 6. The molecule has 8 heteroatoms. The Hall–Kier alpha value is -1.70. The molecule has 3 aromatic rings. The van der Waals surface area contributed by atoms with E-state index in [-0.39, 0.29) is 18.3 Å². The molecule has 0 atom stereocenters. The third-order valence-corrected chi connectivity index (χ3v) is 6.44. The maximum Gasteiger partial charge on any atom is 0.260 e. The summed E-state index contributed by atoms with van der Waals surface area (Å²) in [4.78, 5) is 22.2. The Labute approximate surface area is 192 Å². The van der Waals surface area contributed by atoms with Gasteiger partial charge in [0.05, 0.1) is 22.9 Å². The quantitative estimate of drug-likeness (QED) is 0.510. The van der Waals surface area contributed by atoms with Gasteiger partial charge in [-0.05, 0) is 37.6 Å². The molecule has 5 nitrogen and oxygen atoms in total. The van der Waals surface area contributed by atoms with Crippen LogP contribution in [0.3, 0.4) is 0 Å². The molecule has 1 aliphatic heterocycles. The summed E-state index contributed by atoms with van der Waals surface area (Å²) in [6, 6.07) is 13.4. The number of anilines is 1. The summed E-state index contributed by atoms with van der Waals surface area (Å²) in [5.74, 6) is -0.0258. The summed E-state index contributed by atoms with van der Waals surface area (Å²) in [6.45, 7) is 7.02. The fourth-order valence-electron chi connectivity index (χ4n) is 3.43. The van der Waals surface area contributed by atoms with Gasteiger partial charge in [0.15, 0.2) is 5.13 Å². The molecular formula is C22H25Cl2N3O2S. The van der Waals surface area contributed by atoms with Crippen molar-refractivity contribution in [1.29, 1.82) is 0 Å². The van der Waals surface area contributed by atoms with E-state index in [1.165, 1.54) is 11.3 Å². The van der Waals surface area contributed by atoms with Crippen LogP contribution in [0.25, 0.3) is 10.2 Å². The van der Waals surface area contributed by atoms with Crippen molar-refractivity contribution in [2.24, 2.45) is 0 Å². The van der Waals surface area contributed by atoms with Crippen molar-refractivity contribution < 1.29 is 9.53 Å². The first kappa shape index (κ1) is 23.0. The van der Waals surface area contributed by atoms with E-state index in [0.717, 1.165) is 55.0 Å². The van der Waals surface area contributed by atoms with Crippen molar-refractivity contribution >= 4 is 56.6 Å². The van der Waals surface area contributed by atoms with Crippen molar-refractivity contribution in [1.82, 2.24) is 9.88 Å². The van der Waals surface area contributed by atoms with E-state index in [1.807, 2.05) is 49.4 Å². The van der Waals surface area contributed by atoms with Crippen LogP contribution in [0.1, 0.15) is 22.3 Å². The maximum absolute atomic E-state index is 13.3. The predicted molar refractivity (Wildman–Crippen MR) is 127 cm³/mol. The molecule has 0 saturated carbocycles. The summed E-state index contributed by atoms with van der Waals surface area (Å²) in [6.07, 6.45) is 0.876. The Morgan fingerprint density at radius 3 is 2.63 bits per heavy atom. The number of carbonyl (C=O) groups is 1. The van der Waals surface area contributed by atoms with Crippen LogP contribution >= 0.6 is 35.3 Å². The highest BCUT2D eigenvalue weighted by Gasteiger charge is 2.22. The smallest absolute Gasteiger partial charge is 0.260 e. The fourth-order valence-corrected chi connectivity index (χ4v) is 4.72. The monoisotopic (exact) mass is 465 g/mol. The van der Waals surface area contributed by atoms with Gasteiger partial charge in [-0.2, -0.15) is 0 Å². The van der Waals surface area contributed by atoms with Gasteiger partial charge in [0, 0.05) is 31.7 Å². The number of hydrogen-bond donors (Lipinski definition) is 0. The van der Waals surface area contributed by atoms with Crippen molar-refractivity contribution in [2.75, 3.05) is 44.3 Å². The largest absolute Gasteiger partial charge is 0.379 e. The van der Waals surface area contributed by atoms with E-state index in [0.29, 0.717) is 22.3 Å². The Balaban J connectivity index is 0.00000256. The van der Waals surface area contributed by atoms with Crippen molar-refractivity contribution in [2.45, 2.75) is 13.3 Å². The molecule has 0 aliphatic carbocycles. The fraction of sp³-hybridized carbons (Fsp3) is 0.364. The van der Waals surface area contributed by atoms with Gasteiger partial charge in [0.25, 0.3) is 5.91 Å². The first-order valence-electron chi connectivity index (χ1n) is 9.85. The van der Waals surface area contributed by atoms with E-state index < -0.39 is 0 Å². The number of nitrogens with zero attached hydrogens (tertiary/aromatic N) is 3. The van der Waals surface area contributed by atoms with Crippen LogP contribution in [0.15, 0.2) is 42.5 Å². The van der Waals surface area contributed by atoms with Crippen LogP contribution in [-0.4, -0.2) is 55.2 Å². The van der Waals surface area contributed by atoms with Gasteiger partial charge in [-0.1, -0.05) is 46.7 Å². The summed E-state index contributed by atoms with van der Waals surface area (Å²) in [7, 11) is 0. The first-order chi connectivity index (χ1) is 14.1. The minimum absolute atomic E-state index is 0. The number of thiazole rings is 1. The molecule has 0 bridgehead atoms. The van der Waals surface area contributed by atoms with Crippen molar-refractivity contribution in [3.8, 4) is 0 Å². The van der Waals surface area contributed by atoms with E-state index in [9.17, 15) is 4.79 Å². The third-order valence-electron chi connectivity index (χ3n) is 5.09. The van der Waals surface area contributed by atoms with E-state index in [1.54, 1.807) is 4.90 Å². The molecule has 160 valence electrons. The molecule has 1 aliphatic rings. The first-order valence-corrected chi connectivity index (χ1v) is 11.0. The number of ether oxygens (including phenoxy) is 1. The number of fused-ring (bicyclic) bond motifs is 1. The zero-order valence-electron chi connectivity index (χ0n) is 16.8. The molecule has 2 heterocycles. The number of halogens is 2. The molecule has 1 amide bonds. The second-order valence-electron chi connectivity index (χ2n) is 7.21. The maximum atomic E-state index is 13.3. The Morgan fingerprint density at radius 1 is 1.20 bits per heavy atom. The number of para-hydroxylation sites is 1. The summed E-state index contributed by atoms with van der Waals surface area (Å²) >= 11 is 7.82. The molecule has 2 aromatic carbocycles. The second kappa shape index (κ2) is 10.6. The zero-order chi connectivity index (χ0) is 20.2. The lowest BCUT2D eigenvalue weighted by Gasteiger charge is -2.27. The van der Waals surface area contributed by atoms with Crippen LogP contribution in [-0.2, 0) is 4.74 Å². The standard InChI is InChI=1S/C22H24ClN3O2S.ClH/c1-16-6-8-17(9-7-16)21(27)26(11-3-10-25-12-14-28-15-13-25)22-24-20-18(23)4-2-5-19(20)29-22;/h2,4-9H,3,10-15H2,1H3;1H. The average Bonchev–Trinajstić information content (AvgIpc) is 3.17. The third kappa shape index (κ3) is 5.31. The lowest BCUT2D eigenvalue weighted by atomic mass is 10.1. The highest BCUT2D eigenvalue weighted by molar-refractivity contribution is 7.22. The normalized spacial score (nSPS) is 14.5. The Bertz CT molecular complexity index is 988. The van der Waals surface area contributed by atoms with Crippen LogP contribution < -0.4 is 4.90 Å². The molecule has 0 radical (unpaired) electrons. The number of aryl methyl sites for hydroxylation is 1. The molecule has 1 fully saturated rings. The van der Waals surface area contributed by atoms with Gasteiger partial charge in [-0.3, -0.25) is 14.6 Å². The molecule has 0 spiro atoms. The molecule has 0 N–H and O–H groups in total. The number of morpholine rings is 1. The summed E-state index contributed by atoms with van der Waals surface area (Å²) in [5.41, 5.74) is 2.56. The Morgan fingerprint density at radius 2 is 1.93 bits per heavy atom. The van der Waals surface area contributed by atoms with E-state index >= 15 is 0 Å². The molecule has 1 aromatic heterocycles. The van der Waals surface area contributed by atoms with Crippen molar-refractivity contribution in [3.63, 3.8) is 0 Å². The summed E-state index contributed by atoms with van der Waals surface area (Å²) < 4.78 is 6.41. The van der Waals surface area contributed by atoms with Gasteiger partial charge >= 0.3 is 0 Å². The summed E-state index contributed by atoms with van der Waals surface area (Å²) in [5, 5.41) is 1.31. The second-order valence-corrected chi connectivity index (χ2v) is 8.63. The van der Waals surface area contributed by atoms with Gasteiger partial charge in [0.2, 0.25) is 0 Å². The van der Waals surface area contributed by atoms with Gasteiger partial charge in [-0.15, -0.1) is 12.4 Å². The van der Waals surface area contributed by atoms with Crippen LogP contribution in [0.4, 0.5) is 5.13 Å². The molecule has 4 rings (SSSR count). The molecule has 0 unspecified atom stereocenters. The molecule has 30 heavy (non-hydrogen) atoms. The van der Waals surface area contributed by atoms with Crippen LogP contribution in [0, 0.1) is 6.92 Å². The highest BCUT2D eigenvalue weighted by Crippen LogP contribution is 2.33. The van der Waals surface area contributed by atoms with E-state index in [2.05, 4.69) is 4.90 Å². The lowest BCUT2D eigenvalue weighted by Crippen LogP contribution is -2.39. The number of hydrogen-bond acceptors (Lipinski definition) is 5. The van der Waals surface area contributed by atoms with Gasteiger partial charge in [-0.25, -0.2) is 4.98 Å². The predicted octanol–water partition coefficient (Wildman–Crippen LogP) is 5.05. The minimum atomic E-state index is -0.0258. The minimum Gasteiger partial charge on any atom is -0.379 e. The van der Waals surface area contributed by atoms with Crippen LogP contribution in [0.2, 0.25) is 5.02 Å². The number of aromatic nitrogens is 1. The van der Waals surface area contributed by atoms with E-state index in [4.69, 9.17) is 21.3 Å². The number of carbonyl (C=O) groups excluding carboxylic acids is 1. The highest BCUT2D eigenvalue weighted by atomic mass is 35.5. The topological polar surface area (TPSA) is 45.7 Å². The Kier molecular flexibility index (Phi) is 8.08. The van der Waals surface area contributed by atoms with Gasteiger partial charge < -0.3 is 4.74 Å². The van der Waals surface area contributed by atoms with Crippen LogP contribution in [0.5, 0.6) is 0 Å². The SMILES string of the molecule is Cc1ccc(C(=O)N(CCCN2CCOCC2)c2nc3c(Cl)cccc3s2)cc1.Cl. The average molecular weight is 466 g/mol. The van der Waals surface area contributed by atoms with Crippen molar-refractivity contribution in [3.05, 3.63) is 58.6 Å². The number of benzene rings is 2. The zero-order valence-corrected chi connectivity index (χ0v) is 19.2. The molecular weight excluding hydrogens is 441 g/mol. The molecule has 1 saturated heterocycles. The lowest BCUT2D eigenvalue weighted by molar-refractivity contribution is 0.0376. The van der Waals surface area contributed by atoms with Gasteiger partial charge in [0.1, 0.15) is 5.52 Å². The number of amides is 1.